The third-order valence-corrected chi connectivity index (χ3v) is 7.78. The van der Waals surface area contributed by atoms with E-state index in [1.54, 1.807) is 37.4 Å². The molecular formula is C19H22N6O3S2. The fourth-order valence-corrected chi connectivity index (χ4v) is 5.67. The van der Waals surface area contributed by atoms with Crippen molar-refractivity contribution < 1.29 is 13.2 Å². The molecule has 1 aliphatic rings. The number of aryl methyl sites for hydroxylation is 2. The van der Waals surface area contributed by atoms with Crippen molar-refractivity contribution in [3.05, 3.63) is 41.7 Å². The van der Waals surface area contributed by atoms with E-state index in [0.717, 1.165) is 10.6 Å². The van der Waals surface area contributed by atoms with Gasteiger partial charge in [-0.05, 0) is 37.6 Å². The number of aromatic nitrogens is 3. The van der Waals surface area contributed by atoms with E-state index in [9.17, 15) is 8.42 Å². The van der Waals surface area contributed by atoms with Gasteiger partial charge in [0.05, 0.1) is 34.4 Å². The molecule has 0 spiro atoms. The maximum absolute atomic E-state index is 13.1. The van der Waals surface area contributed by atoms with Crippen LogP contribution in [0, 0.1) is 13.8 Å². The van der Waals surface area contributed by atoms with Crippen molar-refractivity contribution >= 4 is 38.1 Å². The molecule has 0 atom stereocenters. The van der Waals surface area contributed by atoms with Crippen molar-refractivity contribution in [2.24, 2.45) is 0 Å². The van der Waals surface area contributed by atoms with Crippen LogP contribution in [0.4, 0.5) is 16.8 Å². The van der Waals surface area contributed by atoms with Crippen molar-refractivity contribution in [2.45, 2.75) is 18.7 Å². The number of nitrogens with two attached hydrogens (primary N) is 1. The number of ether oxygens (including phenoxy) is 1. The van der Waals surface area contributed by atoms with Crippen LogP contribution in [0.3, 0.4) is 0 Å². The normalized spacial score (nSPS) is 15.3. The molecule has 4 rings (SSSR count). The minimum atomic E-state index is -3.61. The van der Waals surface area contributed by atoms with Crippen molar-refractivity contribution in [3.63, 3.8) is 0 Å². The number of morpholine rings is 1. The number of nitrogens with zero attached hydrogens (tertiary/aromatic N) is 4. The molecule has 3 heterocycles. The van der Waals surface area contributed by atoms with Crippen LogP contribution in [-0.2, 0) is 14.8 Å². The van der Waals surface area contributed by atoms with E-state index in [4.69, 9.17) is 10.5 Å². The fourth-order valence-electron chi connectivity index (χ4n) is 3.21. The molecule has 1 aliphatic heterocycles. The minimum absolute atomic E-state index is 0.261. The average molecular weight is 447 g/mol. The summed E-state index contributed by atoms with van der Waals surface area (Å²) >= 11 is 1.36. The lowest BCUT2D eigenvalue weighted by Crippen LogP contribution is -2.40. The smallest absolute Gasteiger partial charge is 0.243 e. The molecule has 158 valence electrons. The van der Waals surface area contributed by atoms with Crippen LogP contribution in [0.15, 0.2) is 35.4 Å². The summed E-state index contributed by atoms with van der Waals surface area (Å²) in [6.07, 6.45) is 1.64. The highest BCUT2D eigenvalue weighted by Gasteiger charge is 2.28. The molecule has 9 nitrogen and oxygen atoms in total. The molecule has 30 heavy (non-hydrogen) atoms. The van der Waals surface area contributed by atoms with Gasteiger partial charge in [0.2, 0.25) is 16.0 Å². The predicted octanol–water partition coefficient (Wildman–Crippen LogP) is 2.56. The lowest BCUT2D eigenvalue weighted by molar-refractivity contribution is 0.0730. The molecule has 0 radical (unpaired) electrons. The van der Waals surface area contributed by atoms with E-state index in [1.165, 1.54) is 15.6 Å². The average Bonchev–Trinajstić information content (AvgIpc) is 3.08. The standard InChI is InChI=1S/C19H22N6O3S2/c1-12-3-4-14(11-16(12)30(26,27)25-7-9-28-10-8-25)23-19-21-6-5-15(24-19)17-13(2)22-18(20)29-17/h3-6,11H,7-10H2,1-2H3,(H2,20,22)(H,21,23,24). The van der Waals surface area contributed by atoms with Crippen molar-refractivity contribution in [2.75, 3.05) is 37.4 Å². The van der Waals surface area contributed by atoms with Crippen molar-refractivity contribution in [3.8, 4) is 10.6 Å². The summed E-state index contributed by atoms with van der Waals surface area (Å²) in [7, 11) is -3.61. The first-order chi connectivity index (χ1) is 14.3. The van der Waals surface area contributed by atoms with E-state index in [-0.39, 0.29) is 4.90 Å². The Balaban J connectivity index is 1.63. The Bertz CT molecular complexity index is 1170. The third kappa shape index (κ3) is 4.15. The summed E-state index contributed by atoms with van der Waals surface area (Å²) < 4.78 is 32.9. The van der Waals surface area contributed by atoms with Gasteiger partial charge in [0.15, 0.2) is 5.13 Å². The number of hydrogen-bond acceptors (Lipinski definition) is 9. The highest BCUT2D eigenvalue weighted by atomic mass is 32.2. The molecule has 0 saturated carbocycles. The fraction of sp³-hybridized carbons (Fsp3) is 0.316. The first-order valence-corrected chi connectivity index (χ1v) is 11.6. The number of rotatable bonds is 5. The van der Waals surface area contributed by atoms with Crippen LogP contribution >= 0.6 is 11.3 Å². The molecule has 0 amide bonds. The zero-order valence-electron chi connectivity index (χ0n) is 16.6. The van der Waals surface area contributed by atoms with Crippen LogP contribution in [0.2, 0.25) is 0 Å². The monoisotopic (exact) mass is 446 g/mol. The maximum Gasteiger partial charge on any atom is 0.243 e. The Labute approximate surface area is 179 Å². The Hall–Kier alpha value is -2.60. The van der Waals surface area contributed by atoms with Crippen LogP contribution in [-0.4, -0.2) is 54.0 Å². The van der Waals surface area contributed by atoms with Gasteiger partial charge < -0.3 is 15.8 Å². The summed E-state index contributed by atoms with van der Waals surface area (Å²) in [6, 6.07) is 6.98. The zero-order chi connectivity index (χ0) is 21.3. The van der Waals surface area contributed by atoms with E-state index < -0.39 is 10.0 Å². The predicted molar refractivity (Wildman–Crippen MR) is 116 cm³/mol. The second-order valence-electron chi connectivity index (χ2n) is 6.85. The van der Waals surface area contributed by atoms with Gasteiger partial charge in [0, 0.05) is 25.0 Å². The highest BCUT2D eigenvalue weighted by Crippen LogP contribution is 2.31. The molecule has 1 aromatic carbocycles. The van der Waals surface area contributed by atoms with Gasteiger partial charge in [-0.25, -0.2) is 23.4 Å². The molecule has 1 saturated heterocycles. The molecule has 1 fully saturated rings. The number of sulfonamides is 1. The number of nitrogen functional groups attached to an aromatic ring is 1. The van der Waals surface area contributed by atoms with E-state index in [0.29, 0.717) is 54.3 Å². The largest absolute Gasteiger partial charge is 0.379 e. The number of benzene rings is 1. The summed E-state index contributed by atoms with van der Waals surface area (Å²) in [5, 5.41) is 3.58. The third-order valence-electron chi connectivity index (χ3n) is 4.73. The Morgan fingerprint density at radius 2 is 1.93 bits per heavy atom. The van der Waals surface area contributed by atoms with Crippen molar-refractivity contribution in [1.29, 1.82) is 0 Å². The molecule has 3 N–H and O–H groups in total. The van der Waals surface area contributed by atoms with Gasteiger partial charge in [-0.3, -0.25) is 0 Å². The van der Waals surface area contributed by atoms with Gasteiger partial charge in [0.25, 0.3) is 0 Å². The first-order valence-electron chi connectivity index (χ1n) is 9.36. The molecule has 3 aromatic rings. The Morgan fingerprint density at radius 1 is 1.17 bits per heavy atom. The summed E-state index contributed by atoms with van der Waals surface area (Å²) in [5.74, 6) is 0.359. The van der Waals surface area contributed by atoms with E-state index in [2.05, 4.69) is 20.3 Å². The number of anilines is 3. The topological polar surface area (TPSA) is 123 Å². The van der Waals surface area contributed by atoms with Crippen LogP contribution < -0.4 is 11.1 Å². The number of thiazole rings is 1. The zero-order valence-corrected chi connectivity index (χ0v) is 18.3. The molecule has 0 aliphatic carbocycles. The van der Waals surface area contributed by atoms with Gasteiger partial charge in [0.1, 0.15) is 0 Å². The van der Waals surface area contributed by atoms with Crippen LogP contribution in [0.1, 0.15) is 11.3 Å². The maximum atomic E-state index is 13.1. The van der Waals surface area contributed by atoms with Gasteiger partial charge in [-0.2, -0.15) is 4.31 Å². The molecular weight excluding hydrogens is 424 g/mol. The second kappa shape index (κ2) is 8.26. The Morgan fingerprint density at radius 3 is 2.63 bits per heavy atom. The van der Waals surface area contributed by atoms with Crippen LogP contribution in [0.25, 0.3) is 10.6 Å². The molecule has 11 heteroatoms. The van der Waals surface area contributed by atoms with Crippen molar-refractivity contribution in [1.82, 2.24) is 19.3 Å². The van der Waals surface area contributed by atoms with Crippen LogP contribution in [0.5, 0.6) is 0 Å². The SMILES string of the molecule is Cc1ccc(Nc2nccc(-c3sc(N)nc3C)n2)cc1S(=O)(=O)N1CCOCC1. The first kappa shape index (κ1) is 20.7. The van der Waals surface area contributed by atoms with Gasteiger partial charge in [-0.1, -0.05) is 17.4 Å². The van der Waals surface area contributed by atoms with Gasteiger partial charge in [-0.15, -0.1) is 0 Å². The second-order valence-corrected chi connectivity index (χ2v) is 9.79. The highest BCUT2D eigenvalue weighted by molar-refractivity contribution is 7.89. The summed E-state index contributed by atoms with van der Waals surface area (Å²) in [4.78, 5) is 14.2. The van der Waals surface area contributed by atoms with E-state index in [1.807, 2.05) is 6.92 Å². The lowest BCUT2D eigenvalue weighted by Gasteiger charge is -2.26. The summed E-state index contributed by atoms with van der Waals surface area (Å²) in [5.41, 5.74) is 8.56. The summed E-state index contributed by atoms with van der Waals surface area (Å²) in [6.45, 7) is 5.16. The number of hydrogen-bond donors (Lipinski definition) is 2. The molecule has 2 aromatic heterocycles. The minimum Gasteiger partial charge on any atom is -0.379 e. The van der Waals surface area contributed by atoms with E-state index >= 15 is 0 Å². The quantitative estimate of drug-likeness (QED) is 0.613. The number of nitrogens with one attached hydrogen (secondary N) is 1. The molecule has 0 unspecified atom stereocenters. The van der Waals surface area contributed by atoms with Gasteiger partial charge >= 0.3 is 0 Å². The Kier molecular flexibility index (Phi) is 5.69. The molecule has 0 bridgehead atoms. The lowest BCUT2D eigenvalue weighted by atomic mass is 10.2.